The Morgan fingerprint density at radius 3 is 2.43 bits per heavy atom. The third kappa shape index (κ3) is 4.23. The van der Waals surface area contributed by atoms with Gasteiger partial charge in [-0.2, -0.15) is 0 Å². The molecule has 0 aliphatic carbocycles. The fraction of sp³-hybridized carbons (Fsp3) is 0.345. The van der Waals surface area contributed by atoms with Crippen LogP contribution < -0.4 is 14.5 Å². The predicted octanol–water partition coefficient (Wildman–Crippen LogP) is 6.86. The van der Waals surface area contributed by atoms with E-state index in [4.69, 9.17) is 21.1 Å². The maximum atomic E-state index is 12.8. The standard InChI is InChI=1S/C29H31ClN2O3/c1-4-31(5-2)19-12-13-22-26(16-19)35-27-18-24(30)25(32-14-8-9-15-32)17-23(27)28(22)20-10-6-7-11-21(20)29(33)34-3/h6-7,10-13,16-18,28H,4-5,8-9,14-15H2,1-3H3. The molecule has 1 saturated heterocycles. The van der Waals surface area contributed by atoms with E-state index < -0.39 is 0 Å². The second-order valence-electron chi connectivity index (χ2n) is 9.04. The van der Waals surface area contributed by atoms with Gasteiger partial charge in [0.25, 0.3) is 0 Å². The number of carbonyl (C=O) groups excluding carboxylic acids is 1. The minimum absolute atomic E-state index is 0.187. The molecular formula is C29H31ClN2O3. The first-order valence-electron chi connectivity index (χ1n) is 12.4. The van der Waals surface area contributed by atoms with E-state index >= 15 is 0 Å². The van der Waals surface area contributed by atoms with E-state index in [2.05, 4.69) is 47.9 Å². The zero-order chi connectivity index (χ0) is 24.5. The fourth-order valence-corrected chi connectivity index (χ4v) is 5.65. The molecule has 3 aromatic carbocycles. The summed E-state index contributed by atoms with van der Waals surface area (Å²) in [5.74, 6) is 0.987. The molecule has 0 bridgehead atoms. The van der Waals surface area contributed by atoms with Crippen LogP contribution in [0.4, 0.5) is 11.4 Å². The number of fused-ring (bicyclic) bond motifs is 2. The lowest BCUT2D eigenvalue weighted by Gasteiger charge is -2.32. The molecule has 0 spiro atoms. The summed E-state index contributed by atoms with van der Waals surface area (Å²) in [7, 11) is 1.42. The van der Waals surface area contributed by atoms with Crippen molar-refractivity contribution >= 4 is 28.9 Å². The number of benzene rings is 3. The molecule has 3 aromatic rings. The molecule has 5 rings (SSSR count). The van der Waals surface area contributed by atoms with Crippen LogP contribution >= 0.6 is 11.6 Å². The van der Waals surface area contributed by atoms with Gasteiger partial charge in [0.15, 0.2) is 0 Å². The molecule has 1 unspecified atom stereocenters. The van der Waals surface area contributed by atoms with Crippen molar-refractivity contribution in [2.75, 3.05) is 43.1 Å². The smallest absolute Gasteiger partial charge is 0.338 e. The van der Waals surface area contributed by atoms with Gasteiger partial charge < -0.3 is 19.3 Å². The number of nitrogens with zero attached hydrogens (tertiary/aromatic N) is 2. The molecule has 0 radical (unpaired) electrons. The molecule has 182 valence electrons. The van der Waals surface area contributed by atoms with Crippen LogP contribution in [0.3, 0.4) is 0 Å². The summed E-state index contributed by atoms with van der Waals surface area (Å²) in [6.45, 7) is 8.10. The molecule has 2 aliphatic rings. The highest BCUT2D eigenvalue weighted by Crippen LogP contribution is 2.51. The molecule has 2 aliphatic heterocycles. The summed E-state index contributed by atoms with van der Waals surface area (Å²) in [5, 5.41) is 0.689. The van der Waals surface area contributed by atoms with E-state index in [1.54, 1.807) is 0 Å². The van der Waals surface area contributed by atoms with Crippen molar-refractivity contribution < 1.29 is 14.3 Å². The molecule has 0 aromatic heterocycles. The summed E-state index contributed by atoms with van der Waals surface area (Å²) in [5.41, 5.74) is 5.63. The van der Waals surface area contributed by atoms with Gasteiger partial charge >= 0.3 is 5.97 Å². The normalized spacial score (nSPS) is 16.3. The van der Waals surface area contributed by atoms with Gasteiger partial charge in [0.2, 0.25) is 0 Å². The van der Waals surface area contributed by atoms with Crippen LogP contribution in [0.25, 0.3) is 0 Å². The number of rotatable bonds is 6. The van der Waals surface area contributed by atoms with Crippen molar-refractivity contribution in [3.63, 3.8) is 0 Å². The number of anilines is 2. The third-order valence-electron chi connectivity index (χ3n) is 7.17. The average Bonchev–Trinajstić information content (AvgIpc) is 3.42. The summed E-state index contributed by atoms with van der Waals surface area (Å²) in [6, 6.07) is 18.2. The number of esters is 1. The molecular weight excluding hydrogens is 460 g/mol. The maximum Gasteiger partial charge on any atom is 0.338 e. The van der Waals surface area contributed by atoms with Gasteiger partial charge in [0, 0.05) is 61.0 Å². The van der Waals surface area contributed by atoms with Gasteiger partial charge in [-0.3, -0.25) is 0 Å². The first-order chi connectivity index (χ1) is 17.0. The van der Waals surface area contributed by atoms with Crippen molar-refractivity contribution in [2.24, 2.45) is 0 Å². The Bertz CT molecular complexity index is 1250. The first-order valence-corrected chi connectivity index (χ1v) is 12.8. The monoisotopic (exact) mass is 490 g/mol. The highest BCUT2D eigenvalue weighted by Gasteiger charge is 2.33. The van der Waals surface area contributed by atoms with Crippen LogP contribution in [-0.2, 0) is 4.74 Å². The van der Waals surface area contributed by atoms with Gasteiger partial charge in [0.05, 0.1) is 23.4 Å². The second kappa shape index (κ2) is 9.82. The topological polar surface area (TPSA) is 42.0 Å². The van der Waals surface area contributed by atoms with Crippen LogP contribution in [0.5, 0.6) is 11.5 Å². The third-order valence-corrected chi connectivity index (χ3v) is 7.47. The van der Waals surface area contributed by atoms with Crippen molar-refractivity contribution in [1.82, 2.24) is 0 Å². The lowest BCUT2D eigenvalue weighted by Crippen LogP contribution is -2.23. The number of methoxy groups -OCH3 is 1. The highest BCUT2D eigenvalue weighted by atomic mass is 35.5. The molecule has 6 heteroatoms. The Hall–Kier alpha value is -3.18. The van der Waals surface area contributed by atoms with E-state index in [1.165, 1.54) is 7.11 Å². The molecule has 1 atom stereocenters. The number of hydrogen-bond acceptors (Lipinski definition) is 5. The molecule has 35 heavy (non-hydrogen) atoms. The zero-order valence-electron chi connectivity index (χ0n) is 20.5. The summed E-state index contributed by atoms with van der Waals surface area (Å²) in [4.78, 5) is 17.4. The van der Waals surface area contributed by atoms with E-state index in [1.807, 2.05) is 30.3 Å². The molecule has 0 amide bonds. The highest BCUT2D eigenvalue weighted by molar-refractivity contribution is 6.33. The lowest BCUT2D eigenvalue weighted by atomic mass is 9.80. The van der Waals surface area contributed by atoms with Crippen molar-refractivity contribution in [2.45, 2.75) is 32.6 Å². The Morgan fingerprint density at radius 2 is 1.71 bits per heavy atom. The Morgan fingerprint density at radius 1 is 1.00 bits per heavy atom. The van der Waals surface area contributed by atoms with E-state index in [-0.39, 0.29) is 11.9 Å². The summed E-state index contributed by atoms with van der Waals surface area (Å²) >= 11 is 6.79. The minimum atomic E-state index is -0.344. The van der Waals surface area contributed by atoms with Gasteiger partial charge in [-0.1, -0.05) is 35.9 Å². The molecule has 1 fully saturated rings. The SMILES string of the molecule is CCN(CC)c1ccc2c(c1)Oc1cc(Cl)c(N3CCCC3)cc1C2c1ccccc1C(=O)OC. The average molecular weight is 491 g/mol. The number of hydrogen-bond donors (Lipinski definition) is 0. The van der Waals surface area contributed by atoms with Gasteiger partial charge in [-0.05, 0) is 50.5 Å². The number of halogens is 1. The van der Waals surface area contributed by atoms with Crippen LogP contribution in [0.2, 0.25) is 5.02 Å². The van der Waals surface area contributed by atoms with Crippen molar-refractivity contribution in [3.05, 3.63) is 81.9 Å². The fourth-order valence-electron chi connectivity index (χ4n) is 5.38. The zero-order valence-corrected chi connectivity index (χ0v) is 21.3. The van der Waals surface area contributed by atoms with Crippen molar-refractivity contribution in [1.29, 1.82) is 0 Å². The Balaban J connectivity index is 1.72. The first kappa shape index (κ1) is 23.6. The molecule has 0 N–H and O–H groups in total. The molecule has 5 nitrogen and oxygen atoms in total. The van der Waals surface area contributed by atoms with Crippen LogP contribution in [0.1, 0.15) is 59.7 Å². The Labute approximate surface area is 212 Å². The number of ether oxygens (including phenoxy) is 2. The van der Waals surface area contributed by atoms with Crippen LogP contribution in [-0.4, -0.2) is 39.3 Å². The maximum absolute atomic E-state index is 12.8. The van der Waals surface area contributed by atoms with Gasteiger partial charge in [0.1, 0.15) is 11.5 Å². The van der Waals surface area contributed by atoms with Crippen LogP contribution in [0.15, 0.2) is 54.6 Å². The number of carbonyl (C=O) groups is 1. The quantitative estimate of drug-likeness (QED) is 0.276. The van der Waals surface area contributed by atoms with E-state index in [9.17, 15) is 4.79 Å². The lowest BCUT2D eigenvalue weighted by molar-refractivity contribution is 0.0599. The summed E-state index contributed by atoms with van der Waals surface area (Å²) < 4.78 is 11.6. The second-order valence-corrected chi connectivity index (χ2v) is 9.45. The molecule has 0 saturated carbocycles. The molecule has 2 heterocycles. The largest absolute Gasteiger partial charge is 0.465 e. The Kier molecular flexibility index (Phi) is 6.61. The van der Waals surface area contributed by atoms with Gasteiger partial charge in [-0.25, -0.2) is 4.79 Å². The summed E-state index contributed by atoms with van der Waals surface area (Å²) in [6.07, 6.45) is 2.32. The van der Waals surface area contributed by atoms with Crippen molar-refractivity contribution in [3.8, 4) is 11.5 Å². The minimum Gasteiger partial charge on any atom is -0.465 e. The predicted molar refractivity (Wildman–Crippen MR) is 142 cm³/mol. The van der Waals surface area contributed by atoms with Crippen LogP contribution in [0, 0.1) is 0 Å². The van der Waals surface area contributed by atoms with E-state index in [0.29, 0.717) is 10.6 Å². The van der Waals surface area contributed by atoms with Gasteiger partial charge in [-0.15, -0.1) is 0 Å². The van der Waals surface area contributed by atoms with E-state index in [0.717, 1.165) is 78.6 Å².